The molecule has 3 nitrogen and oxygen atoms in total. The minimum absolute atomic E-state index is 0.0588. The SMILES string of the molecule is C=C(C)C(=O)NC(O)c1cccc(C(C)(C)CCCCC)c1. The van der Waals surface area contributed by atoms with Gasteiger partial charge in [0.15, 0.2) is 6.23 Å². The van der Waals surface area contributed by atoms with Gasteiger partial charge in [0.05, 0.1) is 0 Å². The number of carbonyl (C=O) groups is 1. The second-order valence-electron chi connectivity index (χ2n) is 6.62. The van der Waals surface area contributed by atoms with Crippen LogP contribution in [0, 0.1) is 0 Å². The van der Waals surface area contributed by atoms with Gasteiger partial charge >= 0.3 is 0 Å². The summed E-state index contributed by atoms with van der Waals surface area (Å²) in [6.45, 7) is 11.8. The number of amides is 1. The van der Waals surface area contributed by atoms with E-state index in [1.54, 1.807) is 6.92 Å². The third-order valence-electron chi connectivity index (χ3n) is 4.04. The monoisotopic (exact) mass is 303 g/mol. The van der Waals surface area contributed by atoms with Crippen molar-refractivity contribution in [1.82, 2.24) is 5.32 Å². The molecule has 1 rings (SSSR count). The molecule has 22 heavy (non-hydrogen) atoms. The van der Waals surface area contributed by atoms with E-state index in [2.05, 4.69) is 38.7 Å². The molecule has 0 fully saturated rings. The van der Waals surface area contributed by atoms with E-state index in [0.717, 1.165) is 6.42 Å². The number of carbonyl (C=O) groups excluding carboxylic acids is 1. The lowest BCUT2D eigenvalue weighted by atomic mass is 9.79. The minimum atomic E-state index is -1.00. The highest BCUT2D eigenvalue weighted by molar-refractivity contribution is 5.92. The summed E-state index contributed by atoms with van der Waals surface area (Å²) < 4.78 is 0. The van der Waals surface area contributed by atoms with E-state index in [9.17, 15) is 9.90 Å². The summed E-state index contributed by atoms with van der Waals surface area (Å²) in [6.07, 6.45) is 3.75. The Morgan fingerprint density at radius 2 is 2.05 bits per heavy atom. The number of benzene rings is 1. The van der Waals surface area contributed by atoms with Gasteiger partial charge in [-0.2, -0.15) is 0 Å². The number of hydrogen-bond acceptors (Lipinski definition) is 2. The van der Waals surface area contributed by atoms with E-state index in [1.807, 2.05) is 18.2 Å². The summed E-state index contributed by atoms with van der Waals surface area (Å²) in [5.74, 6) is -0.333. The smallest absolute Gasteiger partial charge is 0.248 e. The maximum atomic E-state index is 11.6. The normalized spacial score (nSPS) is 12.8. The van der Waals surface area contributed by atoms with Crippen LogP contribution >= 0.6 is 0 Å². The standard InChI is InChI=1S/C19H29NO2/c1-6-7-8-12-19(4,5)16-11-9-10-15(13-16)18(22)20-17(21)14(2)3/h9-11,13,18,22H,2,6-8,12H2,1,3-5H3,(H,20,21). The average Bonchev–Trinajstić information content (AvgIpc) is 2.47. The first-order chi connectivity index (χ1) is 10.3. The Morgan fingerprint density at radius 3 is 2.64 bits per heavy atom. The van der Waals surface area contributed by atoms with Crippen molar-refractivity contribution in [2.45, 2.75) is 65.0 Å². The van der Waals surface area contributed by atoms with Crippen molar-refractivity contribution >= 4 is 5.91 Å². The molecule has 0 aliphatic heterocycles. The van der Waals surface area contributed by atoms with Crippen molar-refractivity contribution < 1.29 is 9.90 Å². The van der Waals surface area contributed by atoms with E-state index in [4.69, 9.17) is 0 Å². The number of hydrogen-bond donors (Lipinski definition) is 2. The molecule has 0 aliphatic rings. The second kappa shape index (κ2) is 8.14. The lowest BCUT2D eigenvalue weighted by molar-refractivity contribution is -0.120. The van der Waals surface area contributed by atoms with Crippen LogP contribution in [0.4, 0.5) is 0 Å². The Bertz CT molecular complexity index is 520. The molecule has 122 valence electrons. The van der Waals surface area contributed by atoms with Gasteiger partial charge in [0.2, 0.25) is 5.91 Å². The Hall–Kier alpha value is -1.61. The van der Waals surface area contributed by atoms with Gasteiger partial charge in [-0.05, 0) is 24.3 Å². The lowest BCUT2D eigenvalue weighted by Gasteiger charge is -2.26. The zero-order valence-electron chi connectivity index (χ0n) is 14.3. The third-order valence-corrected chi connectivity index (χ3v) is 4.04. The summed E-state index contributed by atoms with van der Waals surface area (Å²) in [7, 11) is 0. The summed E-state index contributed by atoms with van der Waals surface area (Å²) in [6, 6.07) is 7.83. The van der Waals surface area contributed by atoms with E-state index < -0.39 is 6.23 Å². The Morgan fingerprint density at radius 1 is 1.36 bits per heavy atom. The summed E-state index contributed by atoms with van der Waals surface area (Å²) in [5.41, 5.74) is 2.33. The molecule has 0 radical (unpaired) electrons. The number of aliphatic hydroxyl groups is 1. The number of unbranched alkanes of at least 4 members (excludes halogenated alkanes) is 2. The highest BCUT2D eigenvalue weighted by atomic mass is 16.3. The molecule has 1 atom stereocenters. The zero-order valence-corrected chi connectivity index (χ0v) is 14.3. The molecule has 1 unspecified atom stereocenters. The topological polar surface area (TPSA) is 49.3 Å². The molecule has 0 spiro atoms. The van der Waals surface area contributed by atoms with Crippen LogP contribution in [0.2, 0.25) is 0 Å². The van der Waals surface area contributed by atoms with Crippen LogP contribution in [-0.2, 0) is 10.2 Å². The largest absolute Gasteiger partial charge is 0.369 e. The highest BCUT2D eigenvalue weighted by Gasteiger charge is 2.21. The van der Waals surface area contributed by atoms with Crippen LogP contribution in [0.3, 0.4) is 0 Å². The second-order valence-corrected chi connectivity index (χ2v) is 6.62. The predicted octanol–water partition coefficient (Wildman–Crippen LogP) is 4.23. The fourth-order valence-corrected chi connectivity index (χ4v) is 2.42. The number of nitrogens with one attached hydrogen (secondary N) is 1. The van der Waals surface area contributed by atoms with Crippen LogP contribution in [-0.4, -0.2) is 11.0 Å². The van der Waals surface area contributed by atoms with Crippen molar-refractivity contribution in [3.8, 4) is 0 Å². The molecule has 0 aromatic heterocycles. The molecule has 3 heteroatoms. The van der Waals surface area contributed by atoms with Crippen LogP contribution in [0.1, 0.15) is 70.7 Å². The molecular formula is C19H29NO2. The maximum absolute atomic E-state index is 11.6. The van der Waals surface area contributed by atoms with Gasteiger partial charge in [0.25, 0.3) is 0 Å². The van der Waals surface area contributed by atoms with Crippen molar-refractivity contribution in [3.05, 3.63) is 47.5 Å². The first-order valence-electron chi connectivity index (χ1n) is 8.03. The highest BCUT2D eigenvalue weighted by Crippen LogP contribution is 2.30. The first kappa shape index (κ1) is 18.4. The van der Waals surface area contributed by atoms with Crippen molar-refractivity contribution in [2.24, 2.45) is 0 Å². The summed E-state index contributed by atoms with van der Waals surface area (Å²) >= 11 is 0. The molecule has 1 aromatic rings. The van der Waals surface area contributed by atoms with Crippen LogP contribution < -0.4 is 5.32 Å². The van der Waals surface area contributed by atoms with Crippen molar-refractivity contribution in [1.29, 1.82) is 0 Å². The molecule has 1 aromatic carbocycles. The molecule has 0 saturated heterocycles. The third kappa shape index (κ3) is 5.30. The number of rotatable bonds is 8. The fourth-order valence-electron chi connectivity index (χ4n) is 2.42. The Balaban J connectivity index is 2.84. The Labute approximate surface area is 134 Å². The summed E-state index contributed by atoms with van der Waals surface area (Å²) in [4.78, 5) is 11.6. The van der Waals surface area contributed by atoms with Gasteiger partial charge < -0.3 is 10.4 Å². The maximum Gasteiger partial charge on any atom is 0.248 e. The van der Waals surface area contributed by atoms with Gasteiger partial charge in [-0.25, -0.2) is 0 Å². The van der Waals surface area contributed by atoms with Gasteiger partial charge in [-0.3, -0.25) is 4.79 Å². The van der Waals surface area contributed by atoms with Crippen molar-refractivity contribution in [2.75, 3.05) is 0 Å². The van der Waals surface area contributed by atoms with Crippen molar-refractivity contribution in [3.63, 3.8) is 0 Å². The minimum Gasteiger partial charge on any atom is -0.369 e. The first-order valence-corrected chi connectivity index (χ1v) is 8.03. The molecule has 0 bridgehead atoms. The molecule has 1 amide bonds. The fraction of sp³-hybridized carbons (Fsp3) is 0.526. The predicted molar refractivity (Wildman–Crippen MR) is 91.5 cm³/mol. The van der Waals surface area contributed by atoms with Gasteiger partial charge in [-0.1, -0.05) is 70.9 Å². The van der Waals surface area contributed by atoms with Gasteiger partial charge in [0.1, 0.15) is 0 Å². The van der Waals surface area contributed by atoms with Crippen LogP contribution in [0.25, 0.3) is 0 Å². The van der Waals surface area contributed by atoms with E-state index in [-0.39, 0.29) is 11.3 Å². The van der Waals surface area contributed by atoms with Crippen LogP contribution in [0.15, 0.2) is 36.4 Å². The van der Waals surface area contributed by atoms with E-state index in [0.29, 0.717) is 11.1 Å². The number of aliphatic hydroxyl groups excluding tert-OH is 1. The van der Waals surface area contributed by atoms with E-state index in [1.165, 1.54) is 24.8 Å². The van der Waals surface area contributed by atoms with Gasteiger partial charge in [0, 0.05) is 11.1 Å². The molecule has 0 saturated carbocycles. The Kier molecular flexibility index (Phi) is 6.82. The average molecular weight is 303 g/mol. The summed E-state index contributed by atoms with van der Waals surface area (Å²) in [5, 5.41) is 12.7. The van der Waals surface area contributed by atoms with Gasteiger partial charge in [-0.15, -0.1) is 0 Å². The van der Waals surface area contributed by atoms with E-state index >= 15 is 0 Å². The lowest BCUT2D eigenvalue weighted by Crippen LogP contribution is -2.29. The molecule has 0 aliphatic carbocycles. The molecule has 2 N–H and O–H groups in total. The van der Waals surface area contributed by atoms with Crippen LogP contribution in [0.5, 0.6) is 0 Å². The quantitative estimate of drug-likeness (QED) is 0.429. The zero-order chi connectivity index (χ0) is 16.8. The molecule has 0 heterocycles. The molecular weight excluding hydrogens is 274 g/mol.